The smallest absolute Gasteiger partial charge is 0.305 e. The zero-order valence-corrected chi connectivity index (χ0v) is 15.1. The Bertz CT molecular complexity index is 1080. The molecule has 29 heavy (non-hydrogen) atoms. The van der Waals surface area contributed by atoms with E-state index in [4.69, 9.17) is 0 Å². The van der Waals surface area contributed by atoms with Crippen molar-refractivity contribution in [3.05, 3.63) is 87.1 Å². The van der Waals surface area contributed by atoms with Crippen molar-refractivity contribution in [2.24, 2.45) is 0 Å². The van der Waals surface area contributed by atoms with E-state index in [9.17, 15) is 28.1 Å². The number of alkyl halides is 3. The summed E-state index contributed by atoms with van der Waals surface area (Å²) in [4.78, 5) is 22.5. The summed E-state index contributed by atoms with van der Waals surface area (Å²) >= 11 is 0. The van der Waals surface area contributed by atoms with Crippen LogP contribution in [0.15, 0.2) is 54.6 Å². The van der Waals surface area contributed by atoms with Crippen LogP contribution in [0.1, 0.15) is 27.2 Å². The van der Waals surface area contributed by atoms with Gasteiger partial charge in [0.25, 0.3) is 11.6 Å². The number of amides is 1. The highest BCUT2D eigenvalue weighted by molar-refractivity contribution is 6.04. The average Bonchev–Trinajstić information content (AvgIpc) is 3.00. The first-order valence-electron chi connectivity index (χ1n) is 8.40. The standard InChI is InChI=1S/C19H15F3N4O3/c1-12-8-17(23-18(27)14-5-3-7-16(10-14)26(28)29)24-25(12)11-13-4-2-6-15(9-13)19(20,21)22/h2-10H,11H2,1H3,(H,23,24,27). The van der Waals surface area contributed by atoms with Crippen LogP contribution in [0.3, 0.4) is 0 Å². The highest BCUT2D eigenvalue weighted by Crippen LogP contribution is 2.29. The summed E-state index contributed by atoms with van der Waals surface area (Å²) in [6, 6.07) is 11.7. The molecule has 0 aliphatic carbocycles. The molecule has 0 bridgehead atoms. The molecule has 3 aromatic rings. The van der Waals surface area contributed by atoms with E-state index in [1.165, 1.54) is 28.9 Å². The summed E-state index contributed by atoms with van der Waals surface area (Å²) in [5, 5.41) is 17.6. The largest absolute Gasteiger partial charge is 0.416 e. The van der Waals surface area contributed by atoms with E-state index in [-0.39, 0.29) is 23.6 Å². The van der Waals surface area contributed by atoms with Crippen LogP contribution in [-0.4, -0.2) is 20.6 Å². The normalized spacial score (nSPS) is 11.3. The molecule has 0 atom stereocenters. The molecule has 0 saturated heterocycles. The van der Waals surface area contributed by atoms with Crippen LogP contribution in [0.2, 0.25) is 0 Å². The number of anilines is 1. The van der Waals surface area contributed by atoms with Crippen LogP contribution in [0.25, 0.3) is 0 Å². The second kappa shape index (κ2) is 7.74. The van der Waals surface area contributed by atoms with Crippen molar-refractivity contribution in [2.75, 3.05) is 5.32 Å². The molecule has 0 saturated carbocycles. The number of nitrogens with zero attached hydrogens (tertiary/aromatic N) is 3. The zero-order chi connectivity index (χ0) is 21.2. The molecular formula is C19H15F3N4O3. The fourth-order valence-electron chi connectivity index (χ4n) is 2.70. The molecule has 7 nitrogen and oxygen atoms in total. The van der Waals surface area contributed by atoms with Gasteiger partial charge >= 0.3 is 6.18 Å². The van der Waals surface area contributed by atoms with E-state index in [2.05, 4.69) is 10.4 Å². The van der Waals surface area contributed by atoms with Crippen molar-refractivity contribution >= 4 is 17.4 Å². The fourth-order valence-corrected chi connectivity index (χ4v) is 2.70. The Labute approximate surface area is 162 Å². The number of nitro benzene ring substituents is 1. The Morgan fingerprint density at radius 3 is 2.59 bits per heavy atom. The van der Waals surface area contributed by atoms with Gasteiger partial charge in [-0.1, -0.05) is 18.2 Å². The topological polar surface area (TPSA) is 90.1 Å². The second-order valence-corrected chi connectivity index (χ2v) is 6.29. The highest BCUT2D eigenvalue weighted by Gasteiger charge is 2.30. The van der Waals surface area contributed by atoms with E-state index in [0.717, 1.165) is 18.2 Å². The lowest BCUT2D eigenvalue weighted by Gasteiger charge is -2.09. The monoisotopic (exact) mass is 404 g/mol. The quantitative estimate of drug-likeness (QED) is 0.504. The predicted octanol–water partition coefficient (Wildman–Crippen LogP) is 4.42. The van der Waals surface area contributed by atoms with Gasteiger partial charge in [0.15, 0.2) is 5.82 Å². The maximum absolute atomic E-state index is 12.9. The fraction of sp³-hybridized carbons (Fsp3) is 0.158. The number of non-ortho nitro benzene ring substituents is 1. The minimum atomic E-state index is -4.44. The van der Waals surface area contributed by atoms with Gasteiger partial charge < -0.3 is 5.32 Å². The summed E-state index contributed by atoms with van der Waals surface area (Å²) < 4.78 is 40.0. The molecule has 0 unspecified atom stereocenters. The summed E-state index contributed by atoms with van der Waals surface area (Å²) in [6.07, 6.45) is -4.44. The molecule has 0 spiro atoms. The number of aryl methyl sites for hydroxylation is 1. The molecule has 1 amide bonds. The van der Waals surface area contributed by atoms with Crippen LogP contribution in [0.4, 0.5) is 24.7 Å². The summed E-state index contributed by atoms with van der Waals surface area (Å²) in [7, 11) is 0. The first kappa shape index (κ1) is 20.1. The van der Waals surface area contributed by atoms with Crippen molar-refractivity contribution in [2.45, 2.75) is 19.6 Å². The Morgan fingerprint density at radius 2 is 1.90 bits per heavy atom. The maximum Gasteiger partial charge on any atom is 0.416 e. The third-order valence-corrected chi connectivity index (χ3v) is 4.13. The summed E-state index contributed by atoms with van der Waals surface area (Å²) in [5.41, 5.74) is 0.145. The molecule has 2 aromatic carbocycles. The minimum Gasteiger partial charge on any atom is -0.305 e. The molecule has 0 fully saturated rings. The van der Waals surface area contributed by atoms with Crippen LogP contribution in [0.5, 0.6) is 0 Å². The Balaban J connectivity index is 1.76. The van der Waals surface area contributed by atoms with Gasteiger partial charge in [-0.3, -0.25) is 19.6 Å². The first-order chi connectivity index (χ1) is 13.6. The second-order valence-electron chi connectivity index (χ2n) is 6.29. The number of aromatic nitrogens is 2. The van der Waals surface area contributed by atoms with Gasteiger partial charge in [0.05, 0.1) is 17.0 Å². The molecule has 0 radical (unpaired) electrons. The van der Waals surface area contributed by atoms with Gasteiger partial charge in [0, 0.05) is 29.5 Å². The average molecular weight is 404 g/mol. The van der Waals surface area contributed by atoms with Crippen LogP contribution < -0.4 is 5.32 Å². The molecule has 1 heterocycles. The van der Waals surface area contributed by atoms with Crippen molar-refractivity contribution in [1.82, 2.24) is 9.78 Å². The third-order valence-electron chi connectivity index (χ3n) is 4.13. The Hall–Kier alpha value is -3.69. The molecule has 3 rings (SSSR count). The number of nitro groups is 1. The number of halogens is 3. The van der Waals surface area contributed by atoms with Crippen molar-refractivity contribution in [3.8, 4) is 0 Å². The lowest BCUT2D eigenvalue weighted by molar-refractivity contribution is -0.384. The number of rotatable bonds is 5. The predicted molar refractivity (Wildman–Crippen MR) is 98.6 cm³/mol. The van der Waals surface area contributed by atoms with Gasteiger partial charge in [0.1, 0.15) is 0 Å². The van der Waals surface area contributed by atoms with Crippen molar-refractivity contribution in [3.63, 3.8) is 0 Å². The number of hydrogen-bond donors (Lipinski definition) is 1. The number of hydrogen-bond acceptors (Lipinski definition) is 4. The van der Waals surface area contributed by atoms with Crippen LogP contribution in [-0.2, 0) is 12.7 Å². The lowest BCUT2D eigenvalue weighted by Crippen LogP contribution is -2.13. The first-order valence-corrected chi connectivity index (χ1v) is 8.40. The lowest BCUT2D eigenvalue weighted by atomic mass is 10.1. The van der Waals surface area contributed by atoms with E-state index in [0.29, 0.717) is 11.3 Å². The van der Waals surface area contributed by atoms with Crippen LogP contribution >= 0.6 is 0 Å². The van der Waals surface area contributed by atoms with Gasteiger partial charge in [-0.05, 0) is 30.7 Å². The highest BCUT2D eigenvalue weighted by atomic mass is 19.4. The Kier molecular flexibility index (Phi) is 5.35. The number of nitrogens with one attached hydrogen (secondary N) is 1. The van der Waals surface area contributed by atoms with Crippen molar-refractivity contribution < 1.29 is 22.9 Å². The molecular weight excluding hydrogens is 389 g/mol. The van der Waals surface area contributed by atoms with E-state index < -0.39 is 22.6 Å². The Morgan fingerprint density at radius 1 is 1.17 bits per heavy atom. The number of carbonyl (C=O) groups excluding carboxylic acids is 1. The molecule has 10 heteroatoms. The van der Waals surface area contributed by atoms with Gasteiger partial charge in [-0.25, -0.2) is 0 Å². The molecule has 0 aliphatic heterocycles. The van der Waals surface area contributed by atoms with Gasteiger partial charge in [-0.2, -0.15) is 18.3 Å². The van der Waals surface area contributed by atoms with Crippen molar-refractivity contribution in [1.29, 1.82) is 0 Å². The number of benzene rings is 2. The van der Waals surface area contributed by atoms with Crippen LogP contribution in [0, 0.1) is 17.0 Å². The third kappa shape index (κ3) is 4.78. The van der Waals surface area contributed by atoms with E-state index >= 15 is 0 Å². The summed E-state index contributed by atoms with van der Waals surface area (Å²) in [5.74, 6) is -0.400. The van der Waals surface area contributed by atoms with Gasteiger partial charge in [0.2, 0.25) is 0 Å². The van der Waals surface area contributed by atoms with E-state index in [1.54, 1.807) is 19.1 Å². The molecule has 1 N–H and O–H groups in total. The molecule has 1 aromatic heterocycles. The molecule has 150 valence electrons. The SMILES string of the molecule is Cc1cc(NC(=O)c2cccc([N+](=O)[O-])c2)nn1Cc1cccc(C(F)(F)F)c1. The minimum absolute atomic E-state index is 0.0857. The molecule has 0 aliphatic rings. The van der Waals surface area contributed by atoms with Gasteiger partial charge in [-0.15, -0.1) is 0 Å². The summed E-state index contributed by atoms with van der Waals surface area (Å²) in [6.45, 7) is 1.78. The number of carbonyl (C=O) groups is 1. The maximum atomic E-state index is 12.9. The zero-order valence-electron chi connectivity index (χ0n) is 15.1. The van der Waals surface area contributed by atoms with E-state index in [1.807, 2.05) is 0 Å².